The molecule has 2 aliphatic carbocycles. The lowest BCUT2D eigenvalue weighted by Crippen LogP contribution is -2.43. The Morgan fingerprint density at radius 2 is 2.20 bits per heavy atom. The molecule has 0 radical (unpaired) electrons. The number of carbonyl (C=O) groups is 1. The number of rotatable bonds is 3. The van der Waals surface area contributed by atoms with E-state index < -0.39 is 0 Å². The van der Waals surface area contributed by atoms with Crippen molar-refractivity contribution in [3.05, 3.63) is 0 Å². The molecule has 1 heterocycles. The van der Waals surface area contributed by atoms with Crippen LogP contribution in [0.3, 0.4) is 0 Å². The van der Waals surface area contributed by atoms with E-state index in [0.29, 0.717) is 6.04 Å². The molecule has 15 heavy (non-hydrogen) atoms. The Bertz CT molecular complexity index is 254. The van der Waals surface area contributed by atoms with E-state index in [1.165, 1.54) is 19.3 Å². The Hall–Kier alpha value is 0.0700. The van der Waals surface area contributed by atoms with Gasteiger partial charge in [-0.1, -0.05) is 0 Å². The van der Waals surface area contributed by atoms with Crippen LogP contribution in [0.25, 0.3) is 0 Å². The van der Waals surface area contributed by atoms with Crippen LogP contribution < -0.4 is 10.6 Å². The Kier molecular flexibility index (Phi) is 3.48. The van der Waals surface area contributed by atoms with Crippen molar-refractivity contribution in [1.82, 2.24) is 10.6 Å². The number of thioether (sulfide) groups is 1. The second-order valence-electron chi connectivity index (χ2n) is 4.62. The summed E-state index contributed by atoms with van der Waals surface area (Å²) in [5, 5.41) is 6.35. The summed E-state index contributed by atoms with van der Waals surface area (Å²) in [5.41, 5.74) is 0. The molecule has 3 fully saturated rings. The van der Waals surface area contributed by atoms with Gasteiger partial charge in [0.1, 0.15) is 0 Å². The van der Waals surface area contributed by atoms with Crippen LogP contribution >= 0.6 is 24.2 Å². The zero-order valence-corrected chi connectivity index (χ0v) is 10.2. The normalized spacial score (nSPS) is 38.3. The van der Waals surface area contributed by atoms with Crippen LogP contribution in [0.2, 0.25) is 0 Å². The Labute approximate surface area is 101 Å². The van der Waals surface area contributed by atoms with Crippen molar-refractivity contribution in [3.63, 3.8) is 0 Å². The molecule has 5 heteroatoms. The molecule has 1 aliphatic heterocycles. The Balaban J connectivity index is 0.000000853. The fraction of sp³-hybridized carbons (Fsp3) is 0.900. The third-order valence-electron chi connectivity index (χ3n) is 3.43. The van der Waals surface area contributed by atoms with Crippen LogP contribution in [0.15, 0.2) is 0 Å². The van der Waals surface area contributed by atoms with Crippen LogP contribution in [0, 0.1) is 11.8 Å². The van der Waals surface area contributed by atoms with Gasteiger partial charge in [0.05, 0.1) is 6.04 Å². The molecule has 0 aromatic carbocycles. The number of halogens is 1. The maximum Gasteiger partial charge on any atom is 0.238 e. The van der Waals surface area contributed by atoms with Gasteiger partial charge in [-0.05, 0) is 31.1 Å². The first-order valence-corrected chi connectivity index (χ1v) is 6.61. The second-order valence-corrected chi connectivity index (χ2v) is 5.65. The molecular formula is C10H17ClN2OS. The number of amides is 1. The number of hydrogen-bond donors (Lipinski definition) is 2. The van der Waals surface area contributed by atoms with Crippen molar-refractivity contribution < 1.29 is 4.79 Å². The lowest BCUT2D eigenvalue weighted by molar-refractivity contribution is -0.122. The average Bonchev–Trinajstić information content (AvgIpc) is 3.06. The molecule has 0 bridgehead atoms. The van der Waals surface area contributed by atoms with Gasteiger partial charge in [0.25, 0.3) is 0 Å². The first-order valence-electron chi connectivity index (χ1n) is 5.46. The van der Waals surface area contributed by atoms with Gasteiger partial charge in [-0.25, -0.2) is 0 Å². The van der Waals surface area contributed by atoms with Gasteiger partial charge in [-0.2, -0.15) is 0 Å². The van der Waals surface area contributed by atoms with Crippen LogP contribution in [-0.4, -0.2) is 29.6 Å². The molecule has 86 valence electrons. The predicted octanol–water partition coefficient (Wildman–Crippen LogP) is 0.985. The fourth-order valence-electron chi connectivity index (χ4n) is 2.27. The maximum absolute atomic E-state index is 11.7. The summed E-state index contributed by atoms with van der Waals surface area (Å²) in [6, 6.07) is 0.586. The van der Waals surface area contributed by atoms with E-state index in [4.69, 9.17) is 0 Å². The lowest BCUT2D eigenvalue weighted by Gasteiger charge is -2.09. The van der Waals surface area contributed by atoms with E-state index in [1.807, 2.05) is 0 Å². The minimum atomic E-state index is 0. The highest BCUT2D eigenvalue weighted by atomic mass is 35.5. The highest BCUT2D eigenvalue weighted by molar-refractivity contribution is 7.99. The van der Waals surface area contributed by atoms with Gasteiger partial charge in [0.15, 0.2) is 0 Å². The average molecular weight is 249 g/mol. The van der Waals surface area contributed by atoms with Crippen molar-refractivity contribution in [2.75, 3.05) is 11.6 Å². The lowest BCUT2D eigenvalue weighted by atomic mass is 10.2. The van der Waals surface area contributed by atoms with E-state index in [2.05, 4.69) is 10.6 Å². The Morgan fingerprint density at radius 1 is 1.40 bits per heavy atom. The summed E-state index contributed by atoms with van der Waals surface area (Å²) in [6.07, 6.45) is 4.03. The molecule has 3 aliphatic rings. The highest BCUT2D eigenvalue weighted by Crippen LogP contribution is 2.49. The molecule has 3 rings (SSSR count). The summed E-state index contributed by atoms with van der Waals surface area (Å²) >= 11 is 1.81. The van der Waals surface area contributed by atoms with Gasteiger partial charge in [0.2, 0.25) is 5.91 Å². The standard InChI is InChI=1S/C10H16N2OS.ClH/c13-10(9-4-14-5-11-9)12-8-3-7(8)6-1-2-6;/h6-9,11H,1-5H2,(H,12,13);1H. The van der Waals surface area contributed by atoms with E-state index in [0.717, 1.165) is 23.5 Å². The molecule has 3 unspecified atom stereocenters. The second kappa shape index (κ2) is 4.52. The topological polar surface area (TPSA) is 41.1 Å². The minimum Gasteiger partial charge on any atom is -0.352 e. The van der Waals surface area contributed by atoms with Gasteiger partial charge < -0.3 is 5.32 Å². The fourth-order valence-corrected chi connectivity index (χ4v) is 3.21. The summed E-state index contributed by atoms with van der Waals surface area (Å²) in [7, 11) is 0. The molecule has 0 aromatic heterocycles. The van der Waals surface area contributed by atoms with Crippen molar-refractivity contribution >= 4 is 30.1 Å². The van der Waals surface area contributed by atoms with Crippen LogP contribution in [-0.2, 0) is 4.79 Å². The van der Waals surface area contributed by atoms with Gasteiger partial charge >= 0.3 is 0 Å². The molecule has 2 N–H and O–H groups in total. The zero-order chi connectivity index (χ0) is 9.54. The van der Waals surface area contributed by atoms with Gasteiger partial charge in [0, 0.05) is 17.7 Å². The molecule has 3 atom stereocenters. The number of nitrogens with one attached hydrogen (secondary N) is 2. The van der Waals surface area contributed by atoms with Crippen LogP contribution in [0.1, 0.15) is 19.3 Å². The zero-order valence-electron chi connectivity index (χ0n) is 8.57. The minimum absolute atomic E-state index is 0. The van der Waals surface area contributed by atoms with Crippen molar-refractivity contribution in [2.24, 2.45) is 11.8 Å². The summed E-state index contributed by atoms with van der Waals surface area (Å²) in [6.45, 7) is 0. The summed E-state index contributed by atoms with van der Waals surface area (Å²) < 4.78 is 0. The summed E-state index contributed by atoms with van der Waals surface area (Å²) in [5.74, 6) is 3.86. The summed E-state index contributed by atoms with van der Waals surface area (Å²) in [4.78, 5) is 11.7. The van der Waals surface area contributed by atoms with Gasteiger partial charge in [-0.3, -0.25) is 10.1 Å². The van der Waals surface area contributed by atoms with Crippen molar-refractivity contribution in [2.45, 2.75) is 31.3 Å². The molecule has 0 spiro atoms. The molecule has 1 amide bonds. The molecule has 1 saturated heterocycles. The molecule has 0 aromatic rings. The third-order valence-corrected chi connectivity index (χ3v) is 4.37. The van der Waals surface area contributed by atoms with Crippen molar-refractivity contribution in [1.29, 1.82) is 0 Å². The molecule has 2 saturated carbocycles. The highest BCUT2D eigenvalue weighted by Gasteiger charge is 2.48. The largest absolute Gasteiger partial charge is 0.352 e. The van der Waals surface area contributed by atoms with E-state index >= 15 is 0 Å². The Morgan fingerprint density at radius 3 is 2.80 bits per heavy atom. The third kappa shape index (κ3) is 2.60. The number of hydrogen-bond acceptors (Lipinski definition) is 3. The van der Waals surface area contributed by atoms with Crippen molar-refractivity contribution in [3.8, 4) is 0 Å². The van der Waals surface area contributed by atoms with Crippen LogP contribution in [0.5, 0.6) is 0 Å². The predicted molar refractivity (Wildman–Crippen MR) is 64.3 cm³/mol. The first kappa shape index (κ1) is 11.6. The number of carbonyl (C=O) groups excluding carboxylic acids is 1. The van der Waals surface area contributed by atoms with Crippen LogP contribution in [0.4, 0.5) is 0 Å². The quantitative estimate of drug-likeness (QED) is 0.783. The van der Waals surface area contributed by atoms with E-state index in [-0.39, 0.29) is 24.4 Å². The molecular weight excluding hydrogens is 232 g/mol. The SMILES string of the molecule is Cl.O=C(NC1CC1C1CC1)C1CSCN1. The van der Waals surface area contributed by atoms with Gasteiger partial charge in [-0.15, -0.1) is 24.2 Å². The molecule has 3 nitrogen and oxygen atoms in total. The monoisotopic (exact) mass is 248 g/mol. The first-order chi connectivity index (χ1) is 6.84. The smallest absolute Gasteiger partial charge is 0.238 e. The maximum atomic E-state index is 11.7. The van der Waals surface area contributed by atoms with E-state index in [1.54, 1.807) is 11.8 Å². The van der Waals surface area contributed by atoms with E-state index in [9.17, 15) is 4.79 Å².